The van der Waals surface area contributed by atoms with Crippen LogP contribution in [0.1, 0.15) is 59.4 Å². The van der Waals surface area contributed by atoms with Crippen LogP contribution in [0.25, 0.3) is 33.4 Å². The number of carbonyl (C=O) groups is 1. The number of anilines is 1. The van der Waals surface area contributed by atoms with E-state index in [2.05, 4.69) is 11.4 Å². The van der Waals surface area contributed by atoms with Crippen molar-refractivity contribution >= 4 is 22.6 Å². The first kappa shape index (κ1) is 28.8. The van der Waals surface area contributed by atoms with Crippen LogP contribution < -0.4 is 10.7 Å². The topological polar surface area (TPSA) is 103 Å². The summed E-state index contributed by atoms with van der Waals surface area (Å²) >= 11 is 0. The van der Waals surface area contributed by atoms with Gasteiger partial charge in [0.1, 0.15) is 11.3 Å². The molecule has 0 radical (unpaired) electrons. The SMILES string of the molecule is CC.Cc1cc(C(C)Nc2ccccc2C(=O)O)c2oc(-c3ccc(-c4ccc(C#N)cc4)cc3)c(C)c(=O)c2c1. The van der Waals surface area contributed by atoms with Gasteiger partial charge in [0.2, 0.25) is 0 Å². The van der Waals surface area contributed by atoms with Gasteiger partial charge in [-0.05, 0) is 67.8 Å². The average Bonchev–Trinajstić information content (AvgIpc) is 3.00. The number of aromatic carboxylic acids is 1. The molecule has 6 nitrogen and oxygen atoms in total. The van der Waals surface area contributed by atoms with E-state index in [1.165, 1.54) is 0 Å². The Hall–Kier alpha value is -5.15. The Balaban J connectivity index is 0.00000189. The molecule has 5 aromatic rings. The summed E-state index contributed by atoms with van der Waals surface area (Å²) in [5, 5.41) is 22.4. The molecular formula is C35H32N2O4. The summed E-state index contributed by atoms with van der Waals surface area (Å²) in [7, 11) is 0. The van der Waals surface area contributed by atoms with Crippen molar-refractivity contribution in [3.05, 3.63) is 123 Å². The Morgan fingerprint density at radius 1 is 0.902 bits per heavy atom. The van der Waals surface area contributed by atoms with Crippen LogP contribution in [0.2, 0.25) is 0 Å². The van der Waals surface area contributed by atoms with E-state index >= 15 is 0 Å². The zero-order valence-corrected chi connectivity index (χ0v) is 23.8. The van der Waals surface area contributed by atoms with Crippen molar-refractivity contribution in [2.45, 2.75) is 40.7 Å². The molecule has 0 spiro atoms. The van der Waals surface area contributed by atoms with E-state index in [9.17, 15) is 14.7 Å². The highest BCUT2D eigenvalue weighted by atomic mass is 16.4. The third-order valence-corrected chi connectivity index (χ3v) is 6.88. The van der Waals surface area contributed by atoms with E-state index in [0.29, 0.717) is 33.5 Å². The fraction of sp³-hybridized carbons (Fsp3) is 0.171. The predicted octanol–water partition coefficient (Wildman–Crippen LogP) is 8.51. The Morgan fingerprint density at radius 3 is 2.10 bits per heavy atom. The number of rotatable bonds is 6. The number of nitrogens with zero attached hydrogens (tertiary/aromatic N) is 1. The van der Waals surface area contributed by atoms with E-state index < -0.39 is 5.97 Å². The van der Waals surface area contributed by atoms with Crippen molar-refractivity contribution in [3.63, 3.8) is 0 Å². The van der Waals surface area contributed by atoms with Gasteiger partial charge in [-0.2, -0.15) is 5.26 Å². The minimum atomic E-state index is -1.02. The fourth-order valence-corrected chi connectivity index (χ4v) is 4.82. The normalized spacial score (nSPS) is 11.2. The number of aryl methyl sites for hydroxylation is 1. The maximum Gasteiger partial charge on any atom is 0.337 e. The van der Waals surface area contributed by atoms with Crippen molar-refractivity contribution < 1.29 is 14.3 Å². The van der Waals surface area contributed by atoms with Crippen LogP contribution in [0.5, 0.6) is 0 Å². The van der Waals surface area contributed by atoms with Crippen LogP contribution in [-0.4, -0.2) is 11.1 Å². The van der Waals surface area contributed by atoms with Crippen LogP contribution in [0, 0.1) is 25.2 Å². The predicted molar refractivity (Wildman–Crippen MR) is 164 cm³/mol. The minimum Gasteiger partial charge on any atom is -0.478 e. The largest absolute Gasteiger partial charge is 0.478 e. The Labute approximate surface area is 239 Å². The van der Waals surface area contributed by atoms with Crippen molar-refractivity contribution in [2.24, 2.45) is 0 Å². The second kappa shape index (κ2) is 12.4. The summed E-state index contributed by atoms with van der Waals surface area (Å²) in [6.45, 7) is 9.60. The number of para-hydroxylation sites is 1. The van der Waals surface area contributed by atoms with Crippen LogP contribution in [0.15, 0.2) is 94.1 Å². The van der Waals surface area contributed by atoms with Gasteiger partial charge in [0.05, 0.1) is 28.6 Å². The molecule has 0 aliphatic heterocycles. The lowest BCUT2D eigenvalue weighted by Crippen LogP contribution is -2.14. The van der Waals surface area contributed by atoms with Crippen LogP contribution in [0.4, 0.5) is 5.69 Å². The van der Waals surface area contributed by atoms with Gasteiger partial charge in [-0.25, -0.2) is 4.79 Å². The zero-order valence-electron chi connectivity index (χ0n) is 23.8. The molecule has 6 heteroatoms. The molecule has 0 amide bonds. The lowest BCUT2D eigenvalue weighted by molar-refractivity contribution is 0.0698. The molecule has 4 aromatic carbocycles. The number of carboxylic acid groups (broad SMARTS) is 1. The standard InChI is InChI=1S/C33H26N2O4.C2H6/c1-19-16-27(21(3)35-29-7-5-4-6-26(29)33(37)38)32-28(17-19)30(36)20(2)31(39-32)25-14-12-24(13-15-25)23-10-8-22(18-34)9-11-23;1-2/h4-17,21,35H,1-3H3,(H,37,38);1-2H3. The van der Waals surface area contributed by atoms with E-state index in [1.807, 2.05) is 76.2 Å². The first-order valence-corrected chi connectivity index (χ1v) is 13.5. The monoisotopic (exact) mass is 544 g/mol. The number of carboxylic acids is 1. The number of hydrogen-bond acceptors (Lipinski definition) is 5. The fourth-order valence-electron chi connectivity index (χ4n) is 4.82. The summed E-state index contributed by atoms with van der Waals surface area (Å²) in [6, 6.07) is 27.4. The first-order valence-electron chi connectivity index (χ1n) is 13.5. The number of benzene rings is 4. The second-order valence-corrected chi connectivity index (χ2v) is 9.60. The third-order valence-electron chi connectivity index (χ3n) is 6.88. The zero-order chi connectivity index (χ0) is 29.7. The molecule has 41 heavy (non-hydrogen) atoms. The lowest BCUT2D eigenvalue weighted by atomic mass is 9.97. The van der Waals surface area contributed by atoms with Gasteiger partial charge in [0.15, 0.2) is 5.43 Å². The van der Waals surface area contributed by atoms with E-state index in [4.69, 9.17) is 9.68 Å². The number of fused-ring (bicyclic) bond motifs is 1. The quantitative estimate of drug-likeness (QED) is 0.222. The van der Waals surface area contributed by atoms with E-state index in [0.717, 1.165) is 27.8 Å². The summed E-state index contributed by atoms with van der Waals surface area (Å²) < 4.78 is 6.47. The Kier molecular flexibility index (Phi) is 8.69. The smallest absolute Gasteiger partial charge is 0.337 e. The molecule has 5 rings (SSSR count). The van der Waals surface area contributed by atoms with Crippen LogP contribution in [-0.2, 0) is 0 Å². The third kappa shape index (κ3) is 5.90. The number of nitrogens with one attached hydrogen (secondary N) is 1. The summed E-state index contributed by atoms with van der Waals surface area (Å²) in [4.78, 5) is 25.2. The van der Waals surface area contributed by atoms with E-state index in [-0.39, 0.29) is 17.0 Å². The number of hydrogen-bond donors (Lipinski definition) is 2. The van der Waals surface area contributed by atoms with Gasteiger partial charge in [0, 0.05) is 22.4 Å². The molecule has 0 aliphatic carbocycles. The van der Waals surface area contributed by atoms with Crippen molar-refractivity contribution in [3.8, 4) is 28.5 Å². The van der Waals surface area contributed by atoms with Gasteiger partial charge < -0.3 is 14.8 Å². The maximum absolute atomic E-state index is 13.5. The summed E-state index contributed by atoms with van der Waals surface area (Å²) in [5.74, 6) is -0.532. The molecule has 0 aliphatic rings. The molecule has 0 bridgehead atoms. The van der Waals surface area contributed by atoms with Crippen molar-refractivity contribution in [1.82, 2.24) is 0 Å². The molecule has 0 saturated heterocycles. The first-order chi connectivity index (χ1) is 19.8. The average molecular weight is 545 g/mol. The van der Waals surface area contributed by atoms with Gasteiger partial charge >= 0.3 is 5.97 Å². The van der Waals surface area contributed by atoms with Crippen molar-refractivity contribution in [1.29, 1.82) is 5.26 Å². The van der Waals surface area contributed by atoms with Crippen LogP contribution >= 0.6 is 0 Å². The number of nitriles is 1. The molecule has 1 heterocycles. The van der Waals surface area contributed by atoms with Crippen LogP contribution in [0.3, 0.4) is 0 Å². The van der Waals surface area contributed by atoms with Gasteiger partial charge in [-0.1, -0.05) is 68.4 Å². The molecule has 1 atom stereocenters. The summed E-state index contributed by atoms with van der Waals surface area (Å²) in [6.07, 6.45) is 0. The van der Waals surface area contributed by atoms with Gasteiger partial charge in [0.25, 0.3) is 0 Å². The lowest BCUT2D eigenvalue weighted by Gasteiger charge is -2.20. The highest BCUT2D eigenvalue weighted by Crippen LogP contribution is 2.33. The summed E-state index contributed by atoms with van der Waals surface area (Å²) in [5.41, 5.74) is 6.54. The van der Waals surface area contributed by atoms with Crippen molar-refractivity contribution in [2.75, 3.05) is 5.32 Å². The molecule has 1 unspecified atom stereocenters. The molecule has 2 N–H and O–H groups in total. The van der Waals surface area contributed by atoms with Gasteiger partial charge in [-0.15, -0.1) is 0 Å². The Bertz CT molecular complexity index is 1810. The maximum atomic E-state index is 13.5. The Morgan fingerprint density at radius 2 is 1.49 bits per heavy atom. The highest BCUT2D eigenvalue weighted by Gasteiger charge is 2.20. The minimum absolute atomic E-state index is 0.106. The molecular weight excluding hydrogens is 512 g/mol. The van der Waals surface area contributed by atoms with E-state index in [1.54, 1.807) is 43.3 Å². The van der Waals surface area contributed by atoms with Gasteiger partial charge in [-0.3, -0.25) is 4.79 Å². The second-order valence-electron chi connectivity index (χ2n) is 9.60. The molecule has 206 valence electrons. The molecule has 0 fully saturated rings. The highest BCUT2D eigenvalue weighted by molar-refractivity contribution is 5.94. The molecule has 0 saturated carbocycles. The molecule has 1 aromatic heterocycles.